The molecule has 1 fully saturated rings. The molecule has 2 aromatic heterocycles. The molecule has 0 radical (unpaired) electrons. The molecule has 3 rings (SSSR count). The topological polar surface area (TPSA) is 62.5 Å². The van der Waals surface area contributed by atoms with Gasteiger partial charge in [-0.2, -0.15) is 0 Å². The quantitative estimate of drug-likeness (QED) is 0.858. The number of piperazine rings is 1. The van der Waals surface area contributed by atoms with Crippen LogP contribution in [0.3, 0.4) is 0 Å². The second kappa shape index (κ2) is 6.36. The number of aryl methyl sites for hydroxylation is 2. The van der Waals surface area contributed by atoms with Crippen LogP contribution in [0.4, 0.5) is 0 Å². The number of carbonyl (C=O) groups is 1. The standard InChI is InChI=1S/C14H17ClN4O2S/c1-9-11(10(2)21-17-9)7-18-3-5-19(6-4-18)14(20)12-13(15)16-8-22-12/h8H,3-7H2,1-2H3. The summed E-state index contributed by atoms with van der Waals surface area (Å²) in [6.07, 6.45) is 0. The highest BCUT2D eigenvalue weighted by Gasteiger charge is 2.25. The maximum Gasteiger partial charge on any atom is 0.267 e. The van der Waals surface area contributed by atoms with Crippen molar-refractivity contribution in [2.75, 3.05) is 26.2 Å². The first-order valence-corrected chi connectivity index (χ1v) is 8.34. The van der Waals surface area contributed by atoms with Crippen molar-refractivity contribution in [1.29, 1.82) is 0 Å². The highest BCUT2D eigenvalue weighted by atomic mass is 35.5. The van der Waals surface area contributed by atoms with Gasteiger partial charge in [0.05, 0.1) is 11.2 Å². The Morgan fingerprint density at radius 3 is 2.64 bits per heavy atom. The van der Waals surface area contributed by atoms with E-state index >= 15 is 0 Å². The van der Waals surface area contributed by atoms with Gasteiger partial charge < -0.3 is 9.42 Å². The van der Waals surface area contributed by atoms with E-state index in [1.165, 1.54) is 11.3 Å². The van der Waals surface area contributed by atoms with Crippen molar-refractivity contribution >= 4 is 28.8 Å². The number of rotatable bonds is 3. The second-order valence-corrected chi connectivity index (χ2v) is 6.56. The average molecular weight is 341 g/mol. The molecule has 1 saturated heterocycles. The van der Waals surface area contributed by atoms with Crippen molar-refractivity contribution in [3.63, 3.8) is 0 Å². The van der Waals surface area contributed by atoms with Gasteiger partial charge in [-0.3, -0.25) is 9.69 Å². The van der Waals surface area contributed by atoms with Gasteiger partial charge >= 0.3 is 0 Å². The Bertz CT molecular complexity index is 657. The fourth-order valence-corrected chi connectivity index (χ4v) is 3.54. The number of hydrogen-bond donors (Lipinski definition) is 0. The molecule has 22 heavy (non-hydrogen) atoms. The number of amides is 1. The summed E-state index contributed by atoms with van der Waals surface area (Å²) in [4.78, 5) is 21.0. The summed E-state index contributed by atoms with van der Waals surface area (Å²) in [5.74, 6) is 0.844. The minimum Gasteiger partial charge on any atom is -0.361 e. The first kappa shape index (κ1) is 15.5. The van der Waals surface area contributed by atoms with Crippen LogP contribution in [0.15, 0.2) is 10.0 Å². The minimum absolute atomic E-state index is 0.0236. The van der Waals surface area contributed by atoms with E-state index in [0.29, 0.717) is 23.1 Å². The van der Waals surface area contributed by atoms with Crippen LogP contribution in [-0.2, 0) is 6.54 Å². The molecule has 0 aliphatic carbocycles. The number of thiazole rings is 1. The molecule has 0 atom stereocenters. The summed E-state index contributed by atoms with van der Waals surface area (Å²) in [6.45, 7) is 7.73. The summed E-state index contributed by atoms with van der Waals surface area (Å²) >= 11 is 7.23. The number of halogens is 1. The van der Waals surface area contributed by atoms with E-state index in [-0.39, 0.29) is 5.91 Å². The maximum atomic E-state index is 12.4. The van der Waals surface area contributed by atoms with Crippen molar-refractivity contribution in [1.82, 2.24) is 19.9 Å². The average Bonchev–Trinajstić information content (AvgIpc) is 3.08. The van der Waals surface area contributed by atoms with Crippen LogP contribution < -0.4 is 0 Å². The number of aromatic nitrogens is 2. The van der Waals surface area contributed by atoms with E-state index < -0.39 is 0 Å². The van der Waals surface area contributed by atoms with Gasteiger partial charge in [0.25, 0.3) is 5.91 Å². The molecular weight excluding hydrogens is 324 g/mol. The highest BCUT2D eigenvalue weighted by molar-refractivity contribution is 7.12. The van der Waals surface area contributed by atoms with Gasteiger partial charge in [-0.15, -0.1) is 11.3 Å². The van der Waals surface area contributed by atoms with E-state index in [0.717, 1.165) is 36.7 Å². The van der Waals surface area contributed by atoms with Crippen LogP contribution >= 0.6 is 22.9 Å². The Morgan fingerprint density at radius 1 is 1.36 bits per heavy atom. The lowest BCUT2D eigenvalue weighted by Gasteiger charge is -2.34. The predicted octanol–water partition coefficient (Wildman–Crippen LogP) is 2.36. The van der Waals surface area contributed by atoms with Crippen LogP contribution in [0.2, 0.25) is 5.15 Å². The van der Waals surface area contributed by atoms with Crippen molar-refractivity contribution in [2.45, 2.75) is 20.4 Å². The monoisotopic (exact) mass is 340 g/mol. The first-order valence-electron chi connectivity index (χ1n) is 7.08. The van der Waals surface area contributed by atoms with E-state index in [4.69, 9.17) is 16.1 Å². The molecule has 3 heterocycles. The molecule has 1 aliphatic heterocycles. The molecule has 0 N–H and O–H groups in total. The molecule has 0 spiro atoms. The number of carbonyl (C=O) groups excluding carboxylic acids is 1. The van der Waals surface area contributed by atoms with Crippen LogP contribution in [-0.4, -0.2) is 52.0 Å². The third kappa shape index (κ3) is 3.02. The Balaban J connectivity index is 1.59. The molecule has 8 heteroatoms. The first-order chi connectivity index (χ1) is 10.6. The molecule has 1 amide bonds. The van der Waals surface area contributed by atoms with Crippen molar-refractivity contribution in [3.05, 3.63) is 32.6 Å². The number of hydrogen-bond acceptors (Lipinski definition) is 6. The second-order valence-electron chi connectivity index (χ2n) is 5.34. The third-order valence-corrected chi connectivity index (χ3v) is 5.15. The molecule has 0 bridgehead atoms. The summed E-state index contributed by atoms with van der Waals surface area (Å²) < 4.78 is 5.20. The van der Waals surface area contributed by atoms with Gasteiger partial charge in [0.15, 0.2) is 5.15 Å². The van der Waals surface area contributed by atoms with Crippen LogP contribution in [0.25, 0.3) is 0 Å². The Labute approximate surface area is 137 Å². The zero-order valence-electron chi connectivity index (χ0n) is 12.5. The molecular formula is C14H17ClN4O2S. The molecule has 0 saturated carbocycles. The van der Waals surface area contributed by atoms with Crippen LogP contribution in [0, 0.1) is 13.8 Å². The van der Waals surface area contributed by atoms with Crippen LogP contribution in [0.5, 0.6) is 0 Å². The molecule has 6 nitrogen and oxygen atoms in total. The fraction of sp³-hybridized carbons (Fsp3) is 0.500. The maximum absolute atomic E-state index is 12.4. The van der Waals surface area contributed by atoms with Gasteiger partial charge in [-0.1, -0.05) is 16.8 Å². The number of nitrogens with zero attached hydrogens (tertiary/aromatic N) is 4. The predicted molar refractivity (Wildman–Crippen MR) is 84.3 cm³/mol. The minimum atomic E-state index is -0.0236. The van der Waals surface area contributed by atoms with E-state index in [9.17, 15) is 4.79 Å². The normalized spacial score (nSPS) is 16.2. The van der Waals surface area contributed by atoms with Gasteiger partial charge in [-0.25, -0.2) is 4.98 Å². The zero-order chi connectivity index (χ0) is 15.7. The fourth-order valence-electron chi connectivity index (χ4n) is 2.58. The lowest BCUT2D eigenvalue weighted by molar-refractivity contribution is 0.0632. The highest BCUT2D eigenvalue weighted by Crippen LogP contribution is 2.22. The molecule has 1 aliphatic rings. The van der Waals surface area contributed by atoms with Crippen molar-refractivity contribution < 1.29 is 9.32 Å². The smallest absolute Gasteiger partial charge is 0.267 e. The van der Waals surface area contributed by atoms with Crippen LogP contribution in [0.1, 0.15) is 26.7 Å². The lowest BCUT2D eigenvalue weighted by atomic mass is 10.2. The van der Waals surface area contributed by atoms with Crippen molar-refractivity contribution in [2.24, 2.45) is 0 Å². The summed E-state index contributed by atoms with van der Waals surface area (Å²) in [6, 6.07) is 0. The molecule has 118 valence electrons. The Kier molecular flexibility index (Phi) is 4.46. The van der Waals surface area contributed by atoms with Gasteiger partial charge in [0, 0.05) is 38.3 Å². The van der Waals surface area contributed by atoms with Gasteiger partial charge in [0.1, 0.15) is 10.6 Å². The summed E-state index contributed by atoms with van der Waals surface area (Å²) in [7, 11) is 0. The summed E-state index contributed by atoms with van der Waals surface area (Å²) in [5, 5.41) is 4.28. The van der Waals surface area contributed by atoms with Gasteiger partial charge in [0.2, 0.25) is 0 Å². The molecule has 0 aromatic carbocycles. The summed E-state index contributed by atoms with van der Waals surface area (Å²) in [5.41, 5.74) is 3.68. The Morgan fingerprint density at radius 2 is 2.09 bits per heavy atom. The molecule has 2 aromatic rings. The molecule has 0 unspecified atom stereocenters. The Hall–Kier alpha value is -1.44. The lowest BCUT2D eigenvalue weighted by Crippen LogP contribution is -2.48. The zero-order valence-corrected chi connectivity index (χ0v) is 14.1. The van der Waals surface area contributed by atoms with E-state index in [1.54, 1.807) is 5.51 Å². The third-order valence-electron chi connectivity index (χ3n) is 3.94. The largest absolute Gasteiger partial charge is 0.361 e. The van der Waals surface area contributed by atoms with Crippen molar-refractivity contribution in [3.8, 4) is 0 Å². The van der Waals surface area contributed by atoms with Gasteiger partial charge in [-0.05, 0) is 13.8 Å². The van der Waals surface area contributed by atoms with E-state index in [1.807, 2.05) is 18.7 Å². The SMILES string of the molecule is Cc1noc(C)c1CN1CCN(C(=O)c2scnc2Cl)CC1. The van der Waals surface area contributed by atoms with E-state index in [2.05, 4.69) is 15.0 Å².